The Hall–Kier alpha value is -4.30. The summed E-state index contributed by atoms with van der Waals surface area (Å²) in [7, 11) is 0. The number of hydrogen-bond donors (Lipinski definition) is 0. The predicted molar refractivity (Wildman–Crippen MR) is 163 cm³/mol. The van der Waals surface area contributed by atoms with Crippen LogP contribution in [0.25, 0.3) is 33.4 Å². The second-order valence-electron chi connectivity index (χ2n) is 12.8. The highest BCUT2D eigenvalue weighted by atomic mass is 14.6. The molecule has 3 aromatic carbocycles. The maximum atomic E-state index is 4.39. The highest BCUT2D eigenvalue weighted by molar-refractivity contribution is 5.89. The molecule has 194 valence electrons. The highest BCUT2D eigenvalue weighted by Crippen LogP contribution is 2.63. The quantitative estimate of drug-likeness (QED) is 0.252. The van der Waals surface area contributed by atoms with Gasteiger partial charge in [-0.15, -0.1) is 0 Å². The van der Waals surface area contributed by atoms with Crippen LogP contribution < -0.4 is 10.4 Å². The molecule has 8 rings (SSSR count). The molecule has 0 amide bonds. The molecule has 3 aliphatic rings. The Morgan fingerprint density at radius 2 is 0.950 bits per heavy atom. The molecule has 2 atom stereocenters. The normalized spacial score (nSPS) is 20.8. The Balaban J connectivity index is 1.41. The van der Waals surface area contributed by atoms with Crippen LogP contribution in [0.15, 0.2) is 110 Å². The van der Waals surface area contributed by atoms with Crippen LogP contribution in [-0.2, 0) is 10.8 Å². The summed E-state index contributed by atoms with van der Waals surface area (Å²) in [4.78, 5) is 8.79. The van der Waals surface area contributed by atoms with Gasteiger partial charge in [0.2, 0.25) is 0 Å². The van der Waals surface area contributed by atoms with Gasteiger partial charge in [0, 0.05) is 36.6 Å². The van der Waals surface area contributed by atoms with Crippen molar-refractivity contribution >= 4 is 11.1 Å². The van der Waals surface area contributed by atoms with Gasteiger partial charge in [0.05, 0.1) is 0 Å². The van der Waals surface area contributed by atoms with Crippen LogP contribution in [-0.4, -0.2) is 9.97 Å². The first kappa shape index (κ1) is 23.6. The van der Waals surface area contributed by atoms with Gasteiger partial charge in [-0.2, -0.15) is 0 Å². The van der Waals surface area contributed by atoms with Crippen molar-refractivity contribution < 1.29 is 0 Å². The van der Waals surface area contributed by atoms with E-state index in [1.54, 1.807) is 0 Å². The molecule has 5 aromatic rings. The van der Waals surface area contributed by atoms with E-state index in [0.29, 0.717) is 11.8 Å². The summed E-state index contributed by atoms with van der Waals surface area (Å²) in [5.74, 6) is 0.751. The van der Waals surface area contributed by atoms with Crippen molar-refractivity contribution in [2.75, 3.05) is 0 Å². The number of aromatic nitrogens is 2. The van der Waals surface area contributed by atoms with E-state index in [0.717, 1.165) is 0 Å². The van der Waals surface area contributed by atoms with Gasteiger partial charge in [-0.3, -0.25) is 9.97 Å². The summed E-state index contributed by atoms with van der Waals surface area (Å²) in [5, 5.41) is 2.80. The average molecular weight is 517 g/mol. The SMILES string of the molecule is CC1(C)c2cc(-c3cccnc3)ccc2C2=c3ccccc3=C3c4ccc(-c5cccnc5)cc4C(C)(C)C3C21. The molecular formula is C38H32N2. The molecule has 0 saturated heterocycles. The second-order valence-corrected chi connectivity index (χ2v) is 12.8. The van der Waals surface area contributed by atoms with Crippen LogP contribution in [0.1, 0.15) is 49.9 Å². The van der Waals surface area contributed by atoms with Gasteiger partial charge in [-0.1, -0.05) is 88.4 Å². The maximum absolute atomic E-state index is 4.39. The van der Waals surface area contributed by atoms with E-state index in [1.165, 1.54) is 66.1 Å². The molecule has 3 aliphatic carbocycles. The summed E-state index contributed by atoms with van der Waals surface area (Å²) in [6.45, 7) is 9.90. The van der Waals surface area contributed by atoms with Gasteiger partial charge in [-0.25, -0.2) is 0 Å². The highest BCUT2D eigenvalue weighted by Gasteiger charge is 2.57. The zero-order valence-electron chi connectivity index (χ0n) is 23.4. The van der Waals surface area contributed by atoms with Gasteiger partial charge < -0.3 is 0 Å². The van der Waals surface area contributed by atoms with Gasteiger partial charge in [-0.05, 0) is 101 Å². The van der Waals surface area contributed by atoms with Crippen LogP contribution in [0.5, 0.6) is 0 Å². The fourth-order valence-electron chi connectivity index (χ4n) is 8.19. The smallest absolute Gasteiger partial charge is 0.0346 e. The monoisotopic (exact) mass is 516 g/mol. The van der Waals surface area contributed by atoms with Crippen molar-refractivity contribution in [3.63, 3.8) is 0 Å². The molecule has 0 radical (unpaired) electrons. The first-order chi connectivity index (χ1) is 19.4. The van der Waals surface area contributed by atoms with Gasteiger partial charge in [0.15, 0.2) is 0 Å². The number of nitrogens with zero attached hydrogens (tertiary/aromatic N) is 2. The molecule has 0 aliphatic heterocycles. The lowest BCUT2D eigenvalue weighted by Crippen LogP contribution is -2.46. The molecule has 0 bridgehead atoms. The Bertz CT molecular complexity index is 1800. The largest absolute Gasteiger partial charge is 0.264 e. The van der Waals surface area contributed by atoms with Crippen molar-refractivity contribution in [2.45, 2.75) is 38.5 Å². The van der Waals surface area contributed by atoms with Gasteiger partial charge >= 0.3 is 0 Å². The minimum absolute atomic E-state index is 0.0299. The third-order valence-corrected chi connectivity index (χ3v) is 10.0. The summed E-state index contributed by atoms with van der Waals surface area (Å²) in [6.07, 6.45) is 7.64. The molecule has 0 fully saturated rings. The fraction of sp³-hybridized carbons (Fsp3) is 0.211. The van der Waals surface area contributed by atoms with E-state index in [1.807, 2.05) is 36.9 Å². The van der Waals surface area contributed by atoms with Crippen molar-refractivity contribution in [2.24, 2.45) is 11.8 Å². The molecule has 0 spiro atoms. The molecule has 2 aromatic heterocycles. The van der Waals surface area contributed by atoms with Gasteiger partial charge in [0.1, 0.15) is 0 Å². The van der Waals surface area contributed by atoms with Crippen LogP contribution in [0, 0.1) is 11.8 Å². The van der Waals surface area contributed by atoms with Crippen molar-refractivity contribution in [3.8, 4) is 22.3 Å². The molecule has 40 heavy (non-hydrogen) atoms. The van der Waals surface area contributed by atoms with Crippen LogP contribution >= 0.6 is 0 Å². The number of pyridine rings is 2. The number of fused-ring (bicyclic) bond motifs is 8. The minimum atomic E-state index is -0.0299. The number of hydrogen-bond acceptors (Lipinski definition) is 2. The molecule has 2 heterocycles. The summed E-state index contributed by atoms with van der Waals surface area (Å²) < 4.78 is 0. The molecule has 0 N–H and O–H groups in total. The molecule has 2 heteroatoms. The lowest BCUT2D eigenvalue weighted by molar-refractivity contribution is 0.258. The first-order valence-corrected chi connectivity index (χ1v) is 14.3. The third kappa shape index (κ3) is 3.05. The average Bonchev–Trinajstić information content (AvgIpc) is 3.37. The standard InChI is InChI=1S/C38H32N2/c1-37(2)31-19-23(25-9-7-17-39-21-25)13-15-29(31)33-27-11-5-6-12-28(27)34-30-16-14-24(26-10-8-18-40-22-26)20-32(30)38(3,4)36(34)35(33)37/h5-22,35-36H,1-4H3. The fourth-order valence-corrected chi connectivity index (χ4v) is 8.19. The van der Waals surface area contributed by atoms with E-state index in [2.05, 4.69) is 110 Å². The Morgan fingerprint density at radius 3 is 1.35 bits per heavy atom. The number of rotatable bonds is 2. The molecule has 2 unspecified atom stereocenters. The molecule has 2 nitrogen and oxygen atoms in total. The lowest BCUT2D eigenvalue weighted by atomic mass is 9.60. The summed E-state index contributed by atoms with van der Waals surface area (Å²) >= 11 is 0. The first-order valence-electron chi connectivity index (χ1n) is 14.3. The molecular weight excluding hydrogens is 484 g/mol. The topological polar surface area (TPSA) is 25.8 Å². The van der Waals surface area contributed by atoms with Crippen LogP contribution in [0.3, 0.4) is 0 Å². The lowest BCUT2D eigenvalue weighted by Gasteiger charge is -2.43. The third-order valence-electron chi connectivity index (χ3n) is 10.0. The van der Waals surface area contributed by atoms with E-state index >= 15 is 0 Å². The zero-order valence-corrected chi connectivity index (χ0v) is 23.4. The predicted octanol–water partition coefficient (Wildman–Crippen LogP) is 7.04. The number of benzene rings is 3. The van der Waals surface area contributed by atoms with Crippen molar-refractivity contribution in [3.05, 3.63) is 142 Å². The van der Waals surface area contributed by atoms with Gasteiger partial charge in [0.25, 0.3) is 0 Å². The summed E-state index contributed by atoms with van der Waals surface area (Å²) in [6, 6.07) is 31.7. The maximum Gasteiger partial charge on any atom is 0.0346 e. The van der Waals surface area contributed by atoms with E-state index in [-0.39, 0.29) is 10.8 Å². The summed E-state index contributed by atoms with van der Waals surface area (Å²) in [5.41, 5.74) is 13.5. The van der Waals surface area contributed by atoms with E-state index < -0.39 is 0 Å². The second kappa shape index (κ2) is 8.11. The Morgan fingerprint density at radius 1 is 0.500 bits per heavy atom. The van der Waals surface area contributed by atoms with Crippen LogP contribution in [0.2, 0.25) is 0 Å². The van der Waals surface area contributed by atoms with E-state index in [4.69, 9.17) is 0 Å². The zero-order chi connectivity index (χ0) is 27.2. The van der Waals surface area contributed by atoms with E-state index in [9.17, 15) is 0 Å². The minimum Gasteiger partial charge on any atom is -0.264 e. The van der Waals surface area contributed by atoms with Crippen molar-refractivity contribution in [1.29, 1.82) is 0 Å². The Labute approximate surface area is 235 Å². The van der Waals surface area contributed by atoms with Crippen molar-refractivity contribution in [1.82, 2.24) is 9.97 Å². The molecule has 0 saturated carbocycles. The Kier molecular flexibility index (Phi) is 4.78. The van der Waals surface area contributed by atoms with Crippen LogP contribution in [0.4, 0.5) is 0 Å².